The lowest BCUT2D eigenvalue weighted by atomic mass is 10.1. The van der Waals surface area contributed by atoms with Crippen LogP contribution in [0.2, 0.25) is 0 Å². The highest BCUT2D eigenvalue weighted by atomic mass is 35.7. The van der Waals surface area contributed by atoms with Gasteiger partial charge in [-0.3, -0.25) is 0 Å². The van der Waals surface area contributed by atoms with Gasteiger partial charge in [0.15, 0.2) is 17.1 Å². The summed E-state index contributed by atoms with van der Waals surface area (Å²) in [6.45, 7) is 6.27. The molecule has 0 bridgehead atoms. The SMILES string of the molecule is Cc1ccc([N+](N)(c2ccc(C)cc2)c2ccc(C)cc2)cc1.[O-][Cl+3]([O-])([O-])[O-]. The minimum atomic E-state index is -4.94. The highest BCUT2D eigenvalue weighted by Gasteiger charge is 2.32. The van der Waals surface area contributed by atoms with E-state index in [1.165, 1.54) is 16.7 Å². The van der Waals surface area contributed by atoms with Crippen LogP contribution in [0.4, 0.5) is 17.1 Å². The zero-order valence-corrected chi connectivity index (χ0v) is 16.7. The van der Waals surface area contributed by atoms with Gasteiger partial charge in [0.05, 0.1) is 0 Å². The molecule has 0 aromatic heterocycles. The normalized spacial score (nSPS) is 11.6. The number of nitrogens with zero attached hydrogens (tertiary/aromatic N) is 1. The molecule has 0 aliphatic carbocycles. The van der Waals surface area contributed by atoms with Gasteiger partial charge in [-0.15, -0.1) is 10.2 Å². The molecule has 28 heavy (non-hydrogen) atoms. The van der Waals surface area contributed by atoms with Crippen LogP contribution in [-0.4, -0.2) is 0 Å². The number of nitrogens with two attached hydrogens (primary N) is 1. The van der Waals surface area contributed by atoms with Crippen molar-refractivity contribution < 1.29 is 28.9 Å². The Morgan fingerprint density at radius 2 is 0.714 bits per heavy atom. The van der Waals surface area contributed by atoms with Crippen LogP contribution >= 0.6 is 0 Å². The molecule has 0 spiro atoms. The van der Waals surface area contributed by atoms with E-state index in [-0.39, 0.29) is 4.59 Å². The molecular weight excluding hydrogens is 380 g/mol. The Labute approximate surface area is 167 Å². The van der Waals surface area contributed by atoms with Crippen molar-refractivity contribution in [1.82, 2.24) is 4.59 Å². The summed E-state index contributed by atoms with van der Waals surface area (Å²) in [5, 5.41) is 0. The molecule has 0 aliphatic rings. The van der Waals surface area contributed by atoms with Crippen LogP contribution in [0, 0.1) is 31.0 Å². The summed E-state index contributed by atoms with van der Waals surface area (Å²) in [5.74, 6) is 6.95. The van der Waals surface area contributed by atoms with Crippen molar-refractivity contribution in [2.24, 2.45) is 5.84 Å². The fourth-order valence-corrected chi connectivity index (χ4v) is 2.79. The van der Waals surface area contributed by atoms with E-state index in [9.17, 15) is 0 Å². The molecule has 3 aromatic carbocycles. The first kappa shape index (κ1) is 22.0. The molecule has 0 radical (unpaired) electrons. The topological polar surface area (TPSA) is 118 Å². The van der Waals surface area contributed by atoms with Crippen molar-refractivity contribution in [2.45, 2.75) is 20.8 Å². The van der Waals surface area contributed by atoms with E-state index in [2.05, 4.69) is 93.6 Å². The second kappa shape index (κ2) is 8.81. The highest BCUT2D eigenvalue weighted by Crippen LogP contribution is 2.39. The highest BCUT2D eigenvalue weighted by molar-refractivity contribution is 5.69. The van der Waals surface area contributed by atoms with E-state index in [0.29, 0.717) is 0 Å². The largest absolute Gasteiger partial charge is 0.222 e. The molecule has 0 saturated carbocycles. The van der Waals surface area contributed by atoms with Crippen LogP contribution in [0.1, 0.15) is 16.7 Å². The van der Waals surface area contributed by atoms with Crippen LogP contribution in [0.25, 0.3) is 0 Å². The maximum absolute atomic E-state index is 8.49. The lowest BCUT2D eigenvalue weighted by molar-refractivity contribution is -2.00. The first-order valence-corrected chi connectivity index (χ1v) is 9.74. The van der Waals surface area contributed by atoms with Crippen LogP contribution < -0.4 is 29.1 Å². The molecule has 0 aliphatic heterocycles. The fraction of sp³-hybridized carbons (Fsp3) is 0.143. The zero-order valence-electron chi connectivity index (χ0n) is 16.0. The molecule has 148 valence electrons. The van der Waals surface area contributed by atoms with Crippen molar-refractivity contribution in [3.8, 4) is 0 Å². The summed E-state index contributed by atoms with van der Waals surface area (Å²) in [6.07, 6.45) is 0. The second-order valence-corrected chi connectivity index (χ2v) is 7.36. The van der Waals surface area contributed by atoms with Gasteiger partial charge in [0, 0.05) is 36.4 Å². The third-order valence-electron chi connectivity index (χ3n) is 4.32. The van der Waals surface area contributed by atoms with E-state index in [1.807, 2.05) is 0 Å². The van der Waals surface area contributed by atoms with Crippen molar-refractivity contribution in [3.05, 3.63) is 89.5 Å². The Morgan fingerprint density at radius 1 is 0.536 bits per heavy atom. The van der Waals surface area contributed by atoms with E-state index in [4.69, 9.17) is 24.5 Å². The Hall–Kier alpha value is -2.29. The lowest BCUT2D eigenvalue weighted by Crippen LogP contribution is -2.68. The first-order valence-electron chi connectivity index (χ1n) is 8.51. The first-order chi connectivity index (χ1) is 13.0. The summed E-state index contributed by atoms with van der Waals surface area (Å²) in [5.41, 5.74) is 6.82. The molecule has 3 aromatic rings. The van der Waals surface area contributed by atoms with Gasteiger partial charge in [0.1, 0.15) is 0 Å². The fourth-order valence-electron chi connectivity index (χ4n) is 2.79. The third-order valence-corrected chi connectivity index (χ3v) is 4.32. The van der Waals surface area contributed by atoms with Gasteiger partial charge in [-0.1, -0.05) is 53.1 Å². The van der Waals surface area contributed by atoms with Crippen LogP contribution in [0.15, 0.2) is 72.8 Å². The molecular formula is C21H23ClN2O4. The molecule has 0 saturated heterocycles. The number of rotatable bonds is 3. The van der Waals surface area contributed by atoms with E-state index in [1.54, 1.807) is 0 Å². The molecule has 3 rings (SSSR count). The molecule has 0 heterocycles. The maximum Gasteiger partial charge on any atom is 0.162 e. The second-order valence-electron chi connectivity index (χ2n) is 6.61. The lowest BCUT2D eigenvalue weighted by Gasteiger charge is -2.31. The molecule has 0 amide bonds. The number of hydrogen-bond acceptors (Lipinski definition) is 5. The summed E-state index contributed by atoms with van der Waals surface area (Å²) in [7, 11) is -4.94. The predicted octanol–water partition coefficient (Wildman–Crippen LogP) is 0.700. The number of hydrogen-bond donors (Lipinski definition) is 1. The monoisotopic (exact) mass is 402 g/mol. The average molecular weight is 403 g/mol. The molecule has 7 heteroatoms. The van der Waals surface area contributed by atoms with Crippen LogP contribution in [-0.2, 0) is 0 Å². The molecule has 6 nitrogen and oxygen atoms in total. The van der Waals surface area contributed by atoms with Gasteiger partial charge in [0.25, 0.3) is 0 Å². The zero-order chi connectivity index (χ0) is 20.9. The minimum absolute atomic E-state index is 0.167. The number of halogens is 1. The van der Waals surface area contributed by atoms with Gasteiger partial charge < -0.3 is 0 Å². The van der Waals surface area contributed by atoms with Crippen LogP contribution in [0.3, 0.4) is 0 Å². The summed E-state index contributed by atoms with van der Waals surface area (Å²) in [4.78, 5) is 0. The maximum atomic E-state index is 8.49. The Balaban J connectivity index is 0.000000500. The van der Waals surface area contributed by atoms with Gasteiger partial charge in [-0.25, -0.2) is 18.6 Å². The van der Waals surface area contributed by atoms with Crippen molar-refractivity contribution in [1.29, 1.82) is 0 Å². The van der Waals surface area contributed by atoms with Crippen molar-refractivity contribution in [2.75, 3.05) is 0 Å². The minimum Gasteiger partial charge on any atom is -0.222 e. The third kappa shape index (κ3) is 5.85. The van der Waals surface area contributed by atoms with Crippen LogP contribution in [0.5, 0.6) is 0 Å². The Kier molecular flexibility index (Phi) is 6.92. The number of aryl methyl sites for hydroxylation is 3. The Bertz CT molecular complexity index is 773. The average Bonchev–Trinajstić information content (AvgIpc) is 2.61. The predicted molar refractivity (Wildman–Crippen MR) is 98.8 cm³/mol. The van der Waals surface area contributed by atoms with E-state index < -0.39 is 10.2 Å². The molecule has 0 atom stereocenters. The quantitative estimate of drug-likeness (QED) is 0.393. The van der Waals surface area contributed by atoms with Gasteiger partial charge in [-0.2, -0.15) is 10.4 Å². The van der Waals surface area contributed by atoms with E-state index >= 15 is 0 Å². The van der Waals surface area contributed by atoms with Gasteiger partial charge >= 0.3 is 0 Å². The van der Waals surface area contributed by atoms with Crippen molar-refractivity contribution >= 4 is 17.1 Å². The molecule has 0 unspecified atom stereocenters. The number of quaternary nitrogens is 1. The summed E-state index contributed by atoms with van der Waals surface area (Å²) >= 11 is 0. The molecule has 2 N–H and O–H groups in total. The van der Waals surface area contributed by atoms with Crippen molar-refractivity contribution in [3.63, 3.8) is 0 Å². The Morgan fingerprint density at radius 3 is 0.893 bits per heavy atom. The van der Waals surface area contributed by atoms with E-state index in [0.717, 1.165) is 17.1 Å². The summed E-state index contributed by atoms with van der Waals surface area (Å²) in [6, 6.07) is 25.3. The molecule has 0 fully saturated rings. The van der Waals surface area contributed by atoms with Gasteiger partial charge in [-0.05, 0) is 20.8 Å². The standard InChI is InChI=1S/C21H23N2.ClHO4/c1-16-4-10-19(11-5-16)23(22,20-12-6-17(2)7-13-20)21-14-8-18(3)9-15-21;2-1(3,4)5/h4-15H,22H2,1-3H3;(H,2,3,4,5)/q+1;/p-1. The summed E-state index contributed by atoms with van der Waals surface area (Å²) < 4.78 is 34.1. The number of benzene rings is 3. The van der Waals surface area contributed by atoms with Gasteiger partial charge in [0.2, 0.25) is 0 Å². The smallest absolute Gasteiger partial charge is 0.162 e.